The summed E-state index contributed by atoms with van der Waals surface area (Å²) in [5.74, 6) is -1.44. The number of hydrogen-bond acceptors (Lipinski definition) is 5. The van der Waals surface area contributed by atoms with Crippen LogP contribution in [0.5, 0.6) is 0 Å². The normalized spacial score (nSPS) is 11.1. The van der Waals surface area contributed by atoms with Gasteiger partial charge >= 0.3 is 5.97 Å². The first-order valence-electron chi connectivity index (χ1n) is 9.24. The summed E-state index contributed by atoms with van der Waals surface area (Å²) in [6.07, 6.45) is 0.00743. The molecule has 0 amide bonds. The number of imidazole rings is 1. The van der Waals surface area contributed by atoms with Crippen molar-refractivity contribution in [2.24, 2.45) is 0 Å². The molecular weight excluding hydrogens is 408 g/mol. The molecule has 0 atom stereocenters. The van der Waals surface area contributed by atoms with E-state index in [0.717, 1.165) is 16.8 Å². The lowest BCUT2D eigenvalue weighted by Gasteiger charge is -2.15. The lowest BCUT2D eigenvalue weighted by molar-refractivity contribution is -0.139. The molecule has 154 valence electrons. The van der Waals surface area contributed by atoms with Crippen molar-refractivity contribution in [3.8, 4) is 11.3 Å². The average molecular weight is 427 g/mol. The molecule has 30 heavy (non-hydrogen) atoms. The number of nitrogens with one attached hydrogen (secondary N) is 1. The number of fused-ring (bicyclic) bond motifs is 1. The van der Waals surface area contributed by atoms with Crippen LogP contribution in [0.3, 0.4) is 0 Å². The summed E-state index contributed by atoms with van der Waals surface area (Å²) in [6.45, 7) is 3.89. The van der Waals surface area contributed by atoms with Crippen molar-refractivity contribution in [1.82, 2.24) is 9.38 Å². The maximum atomic E-state index is 14.6. The first-order chi connectivity index (χ1) is 14.4. The number of ether oxygens (including phenoxy) is 1. The molecule has 0 aliphatic carbocycles. The van der Waals surface area contributed by atoms with Crippen molar-refractivity contribution in [2.75, 3.05) is 12.4 Å². The van der Waals surface area contributed by atoms with Crippen LogP contribution in [0.25, 0.3) is 16.2 Å². The third kappa shape index (κ3) is 3.43. The molecular formula is C22H19F2N3O2S. The highest BCUT2D eigenvalue weighted by atomic mass is 32.1. The SMILES string of the molecule is COC(=O)Cc1csc2nc(-c3c(F)cccc3F)c(Nc3c(C)cccc3C)n12. The number of para-hydroxylation sites is 1. The zero-order valence-electron chi connectivity index (χ0n) is 16.6. The van der Waals surface area contributed by atoms with Gasteiger partial charge < -0.3 is 10.1 Å². The Bertz CT molecular complexity index is 1220. The van der Waals surface area contributed by atoms with Gasteiger partial charge in [-0.2, -0.15) is 0 Å². The molecule has 8 heteroatoms. The Hall–Kier alpha value is -3.26. The number of methoxy groups -OCH3 is 1. The second kappa shape index (κ2) is 7.87. The molecule has 0 saturated carbocycles. The number of nitrogens with zero attached hydrogens (tertiary/aromatic N) is 2. The molecule has 0 unspecified atom stereocenters. The third-order valence-electron chi connectivity index (χ3n) is 4.91. The van der Waals surface area contributed by atoms with Gasteiger partial charge in [0.25, 0.3) is 0 Å². The van der Waals surface area contributed by atoms with Gasteiger partial charge in [-0.15, -0.1) is 11.3 Å². The van der Waals surface area contributed by atoms with E-state index in [2.05, 4.69) is 10.3 Å². The van der Waals surface area contributed by atoms with Crippen molar-refractivity contribution in [3.05, 3.63) is 70.2 Å². The third-order valence-corrected chi connectivity index (χ3v) is 5.79. The largest absolute Gasteiger partial charge is 0.469 e. The quantitative estimate of drug-likeness (QED) is 0.432. The van der Waals surface area contributed by atoms with Crippen molar-refractivity contribution in [3.63, 3.8) is 0 Å². The maximum Gasteiger partial charge on any atom is 0.311 e. The summed E-state index contributed by atoms with van der Waals surface area (Å²) in [5.41, 5.74) is 3.29. The number of aromatic nitrogens is 2. The molecule has 1 N–H and O–H groups in total. The fourth-order valence-electron chi connectivity index (χ4n) is 3.40. The highest BCUT2D eigenvalue weighted by Crippen LogP contribution is 2.38. The number of anilines is 2. The van der Waals surface area contributed by atoms with Gasteiger partial charge in [0.2, 0.25) is 0 Å². The Morgan fingerprint density at radius 2 is 1.77 bits per heavy atom. The smallest absolute Gasteiger partial charge is 0.311 e. The summed E-state index contributed by atoms with van der Waals surface area (Å²) in [4.78, 5) is 16.9. The minimum Gasteiger partial charge on any atom is -0.469 e. The zero-order valence-corrected chi connectivity index (χ0v) is 17.4. The minimum atomic E-state index is -0.708. The van der Waals surface area contributed by atoms with Crippen LogP contribution in [-0.2, 0) is 16.0 Å². The molecule has 0 aliphatic rings. The van der Waals surface area contributed by atoms with Crippen LogP contribution >= 0.6 is 11.3 Å². The van der Waals surface area contributed by atoms with Crippen molar-refractivity contribution in [2.45, 2.75) is 20.3 Å². The number of thiazole rings is 1. The van der Waals surface area contributed by atoms with E-state index in [9.17, 15) is 13.6 Å². The lowest BCUT2D eigenvalue weighted by Crippen LogP contribution is -2.08. The topological polar surface area (TPSA) is 55.6 Å². The maximum absolute atomic E-state index is 14.6. The van der Waals surface area contributed by atoms with E-state index >= 15 is 0 Å². The van der Waals surface area contributed by atoms with Crippen LogP contribution in [0.1, 0.15) is 16.8 Å². The molecule has 4 rings (SSSR count). The van der Waals surface area contributed by atoms with E-state index in [1.165, 1.54) is 36.6 Å². The zero-order chi connectivity index (χ0) is 21.4. The van der Waals surface area contributed by atoms with Crippen molar-refractivity contribution >= 4 is 33.8 Å². The fourth-order valence-corrected chi connectivity index (χ4v) is 4.29. The van der Waals surface area contributed by atoms with Gasteiger partial charge in [0, 0.05) is 16.8 Å². The number of rotatable bonds is 5. The number of hydrogen-bond donors (Lipinski definition) is 1. The van der Waals surface area contributed by atoms with Crippen LogP contribution < -0.4 is 5.32 Å². The Kier molecular flexibility index (Phi) is 5.26. The predicted molar refractivity (Wildman–Crippen MR) is 113 cm³/mol. The van der Waals surface area contributed by atoms with Crippen LogP contribution in [0.2, 0.25) is 0 Å². The monoisotopic (exact) mass is 427 g/mol. The van der Waals surface area contributed by atoms with E-state index in [-0.39, 0.29) is 17.7 Å². The molecule has 0 bridgehead atoms. The molecule has 0 radical (unpaired) electrons. The number of carbonyl (C=O) groups is 1. The van der Waals surface area contributed by atoms with Crippen LogP contribution in [-0.4, -0.2) is 22.5 Å². The van der Waals surface area contributed by atoms with E-state index in [0.29, 0.717) is 16.5 Å². The van der Waals surface area contributed by atoms with Crippen LogP contribution in [0, 0.1) is 25.5 Å². The molecule has 0 saturated heterocycles. The Morgan fingerprint density at radius 1 is 1.13 bits per heavy atom. The lowest BCUT2D eigenvalue weighted by atomic mass is 10.1. The van der Waals surface area contributed by atoms with Crippen molar-refractivity contribution in [1.29, 1.82) is 0 Å². The number of esters is 1. The van der Waals surface area contributed by atoms with E-state index < -0.39 is 17.6 Å². The summed E-state index contributed by atoms with van der Waals surface area (Å²) in [6, 6.07) is 9.54. The van der Waals surface area contributed by atoms with E-state index in [1.807, 2.05) is 32.0 Å². The first-order valence-corrected chi connectivity index (χ1v) is 10.1. The van der Waals surface area contributed by atoms with Gasteiger partial charge in [0.15, 0.2) is 4.96 Å². The number of benzene rings is 2. The standard InChI is InChI=1S/C22H19F2N3O2S/c1-12-6-4-7-13(2)19(12)25-21-20(18-15(23)8-5-9-16(18)24)26-22-27(21)14(11-30-22)10-17(28)29-3/h4-9,11,25H,10H2,1-3H3. The Labute approximate surface area is 176 Å². The Balaban J connectivity index is 1.98. The number of halogens is 2. The summed E-state index contributed by atoms with van der Waals surface area (Å²) >= 11 is 1.29. The van der Waals surface area contributed by atoms with Gasteiger partial charge in [-0.05, 0) is 37.1 Å². The van der Waals surface area contributed by atoms with Gasteiger partial charge in [-0.1, -0.05) is 24.3 Å². The second-order valence-corrected chi connectivity index (χ2v) is 7.73. The van der Waals surface area contributed by atoms with Crippen LogP contribution in [0.4, 0.5) is 20.3 Å². The molecule has 2 heterocycles. The molecule has 2 aromatic carbocycles. The number of carbonyl (C=O) groups excluding carboxylic acids is 1. The average Bonchev–Trinajstić information content (AvgIpc) is 3.25. The van der Waals surface area contributed by atoms with Gasteiger partial charge in [0.05, 0.1) is 19.1 Å². The van der Waals surface area contributed by atoms with Crippen molar-refractivity contribution < 1.29 is 18.3 Å². The van der Waals surface area contributed by atoms with Gasteiger partial charge in [-0.3, -0.25) is 9.20 Å². The Morgan fingerprint density at radius 3 is 2.40 bits per heavy atom. The minimum absolute atomic E-state index is 0.00743. The van der Waals surface area contributed by atoms with Gasteiger partial charge in [-0.25, -0.2) is 13.8 Å². The molecule has 5 nitrogen and oxygen atoms in total. The molecule has 2 aromatic heterocycles. The highest BCUT2D eigenvalue weighted by molar-refractivity contribution is 7.15. The van der Waals surface area contributed by atoms with E-state index in [1.54, 1.807) is 9.78 Å². The first kappa shape index (κ1) is 20.0. The predicted octanol–water partition coefficient (Wildman–Crippen LogP) is 5.42. The summed E-state index contributed by atoms with van der Waals surface area (Å²) in [5, 5.41) is 5.11. The second-order valence-electron chi connectivity index (χ2n) is 6.90. The van der Waals surface area contributed by atoms with Gasteiger partial charge in [0.1, 0.15) is 23.1 Å². The number of aryl methyl sites for hydroxylation is 2. The molecule has 0 fully saturated rings. The van der Waals surface area contributed by atoms with Crippen LogP contribution in [0.15, 0.2) is 41.8 Å². The summed E-state index contributed by atoms with van der Waals surface area (Å²) < 4.78 is 35.8. The molecule has 0 aliphatic heterocycles. The molecule has 4 aromatic rings. The summed E-state index contributed by atoms with van der Waals surface area (Å²) in [7, 11) is 1.32. The fraction of sp³-hybridized carbons (Fsp3) is 0.182. The molecule has 0 spiro atoms. The highest BCUT2D eigenvalue weighted by Gasteiger charge is 2.24. The van der Waals surface area contributed by atoms with E-state index in [4.69, 9.17) is 4.74 Å².